The molecule has 0 radical (unpaired) electrons. The normalized spacial score (nSPS) is 11.7. The van der Waals surface area contributed by atoms with Crippen molar-refractivity contribution in [1.82, 2.24) is 29.9 Å². The quantitative estimate of drug-likeness (QED) is 0.0260. The van der Waals surface area contributed by atoms with E-state index >= 15 is 0 Å². The van der Waals surface area contributed by atoms with Crippen molar-refractivity contribution in [2.75, 3.05) is 0 Å². The van der Waals surface area contributed by atoms with Crippen LogP contribution in [0.4, 0.5) is 0 Å². The molecule has 0 unspecified atom stereocenters. The monoisotopic (exact) mass is 1270 g/mol. The summed E-state index contributed by atoms with van der Waals surface area (Å²) >= 11 is 9.24. The number of carboxylic acids is 2. The lowest BCUT2D eigenvalue weighted by atomic mass is 10.2. The van der Waals surface area contributed by atoms with E-state index in [0.29, 0.717) is 11.0 Å². The summed E-state index contributed by atoms with van der Waals surface area (Å²) in [6, 6.07) is 32.0. The molecule has 12 rings (SSSR count). The van der Waals surface area contributed by atoms with Crippen molar-refractivity contribution in [3.8, 4) is 0 Å². The number of aryl methyl sites for hydroxylation is 1. The largest absolute Gasteiger partial charge is 0.478 e. The number of fused-ring (bicyclic) bond motifs is 6. The summed E-state index contributed by atoms with van der Waals surface area (Å²) < 4.78 is 42.7. The van der Waals surface area contributed by atoms with E-state index in [1.54, 1.807) is 76.5 Å². The van der Waals surface area contributed by atoms with E-state index in [2.05, 4.69) is 57.9 Å². The number of hydrogen-bond acceptors (Lipinski definition) is 26. The zero-order chi connectivity index (χ0) is 53.8. The zero-order valence-electron chi connectivity index (χ0n) is 38.5. The number of aromatic carboxylic acids is 2. The summed E-state index contributed by atoms with van der Waals surface area (Å²) in [4.78, 5) is 57.5. The first-order valence-corrected chi connectivity index (χ1v) is 34.3. The number of thiazole rings is 6. The molecule has 6 aromatic heterocycles. The van der Waals surface area contributed by atoms with Crippen LogP contribution in [0, 0.1) is 6.92 Å². The fraction of sp³-hybridized carbons (Fsp3) is 0.0638. The number of nitrogens with zero attached hydrogens (tertiary/aromatic N) is 6. The van der Waals surface area contributed by atoms with Gasteiger partial charge >= 0.3 is 11.9 Å². The van der Waals surface area contributed by atoms with Gasteiger partial charge in [-0.1, -0.05) is 18.2 Å². The minimum atomic E-state index is -4.21. The van der Waals surface area contributed by atoms with Gasteiger partial charge in [0.1, 0.15) is 13.2 Å². The number of aromatic nitrogens is 6. The van der Waals surface area contributed by atoms with Gasteiger partial charge in [0, 0.05) is 0 Å². The highest BCUT2D eigenvalue weighted by molar-refractivity contribution is 8.78. The van der Waals surface area contributed by atoms with Gasteiger partial charge in [-0.05, 0) is 179 Å². The fourth-order valence-corrected chi connectivity index (χ4v) is 20.8. The van der Waals surface area contributed by atoms with Gasteiger partial charge in [-0.3, -0.25) is 15.1 Å². The number of benzene rings is 6. The number of hydrogen-bond donors (Lipinski definition) is 5. The predicted octanol–water partition coefficient (Wildman–Crippen LogP) is 16.0. The zero-order valence-corrected chi connectivity index (χ0v) is 49.1. The first kappa shape index (κ1) is 55.8. The number of rotatable bonds is 16. The SMILES string of the molecule is Cc1ccc2sc(SSc3nc4cc(S(=O)(=O)O)ccc4s3)nc2c1.O=C(O)c1ccc2nc(SSc3nc4ccc(COO)cc4s3)sc2c1.O=C(O)c1ccc2sc(SSc3nc4cc(COO)ccc4s3)nc2c1. The van der Waals surface area contributed by atoms with Crippen LogP contribution in [0.5, 0.6) is 0 Å². The topological polar surface area (TPSA) is 265 Å². The van der Waals surface area contributed by atoms with Crippen molar-refractivity contribution in [3.05, 3.63) is 137 Å². The third-order valence-corrected chi connectivity index (χ3v) is 26.2. The fourth-order valence-electron chi connectivity index (χ4n) is 6.79. The molecule has 0 saturated heterocycles. The summed E-state index contributed by atoms with van der Waals surface area (Å²) in [5.74, 6) is -1.90. The van der Waals surface area contributed by atoms with Gasteiger partial charge in [0.05, 0.1) is 77.3 Å². The van der Waals surface area contributed by atoms with Crippen molar-refractivity contribution in [3.63, 3.8) is 0 Å². The van der Waals surface area contributed by atoms with E-state index in [4.69, 9.17) is 25.3 Å². The molecule has 77 heavy (non-hydrogen) atoms. The lowest BCUT2D eigenvalue weighted by molar-refractivity contribution is -0.253. The van der Waals surface area contributed by atoms with Crippen molar-refractivity contribution >= 4 is 216 Å². The second-order valence-corrected chi connectivity index (χ2v) is 31.1. The summed E-state index contributed by atoms with van der Waals surface area (Å²) in [5, 5.41) is 35.2. The van der Waals surface area contributed by atoms with E-state index in [0.717, 1.165) is 87.4 Å². The molecule has 12 aromatic rings. The average Bonchev–Trinajstić information content (AvgIpc) is 4.29. The molecular weight excluding hydrogens is 1240 g/mol. The molecular formula is C47H30N6O11S13. The lowest BCUT2D eigenvalue weighted by Crippen LogP contribution is -1.96. The van der Waals surface area contributed by atoms with Gasteiger partial charge in [0.15, 0.2) is 26.0 Å². The van der Waals surface area contributed by atoms with Crippen LogP contribution in [0.3, 0.4) is 0 Å². The van der Waals surface area contributed by atoms with Crippen molar-refractivity contribution < 1.29 is 53.1 Å². The molecule has 0 fully saturated rings. The summed E-state index contributed by atoms with van der Waals surface area (Å²) in [5.41, 5.74) is 8.22. The van der Waals surface area contributed by atoms with Crippen LogP contribution in [-0.4, -0.2) is 75.5 Å². The highest BCUT2D eigenvalue weighted by Gasteiger charge is 2.16. The van der Waals surface area contributed by atoms with Gasteiger partial charge in [0.25, 0.3) is 10.1 Å². The average molecular weight is 1270 g/mol. The maximum Gasteiger partial charge on any atom is 0.335 e. The number of carbonyl (C=O) groups is 2. The van der Waals surface area contributed by atoms with Gasteiger partial charge < -0.3 is 10.2 Å². The highest BCUT2D eigenvalue weighted by Crippen LogP contribution is 2.46. The van der Waals surface area contributed by atoms with Gasteiger partial charge in [-0.15, -0.1) is 68.0 Å². The molecule has 0 aliphatic heterocycles. The van der Waals surface area contributed by atoms with Crippen molar-refractivity contribution in [2.45, 2.75) is 51.1 Å². The second-order valence-electron chi connectivity index (χ2n) is 15.6. The molecule has 0 saturated carbocycles. The van der Waals surface area contributed by atoms with Gasteiger partial charge in [-0.2, -0.15) is 8.42 Å². The molecule has 0 aliphatic rings. The molecule has 6 heterocycles. The maximum atomic E-state index is 11.2. The Kier molecular flexibility index (Phi) is 18.0. The summed E-state index contributed by atoms with van der Waals surface area (Å²) in [6.07, 6.45) is 0. The standard InChI is InChI=1S/2C16H10N2O4S4.C15H10N2O3S5/c19-14(20)9-2-4-13-11(6-9)18-16(24-13)26-25-15-17-10-5-8(7-22-21)1-3-12(10)23-15;19-14(20)9-2-4-11-13(6-9)24-16(18-11)26-25-15-17-10-3-1-8(7-22-21)5-12(10)23-15;1-8-2-4-12-10(6-8)16-14(21-12)23-24-15-17-11-7-9(25(18,19)20)3-5-13(11)22-15/h2*1-6,21H,7H2,(H,19,20);2-7H,1H3,(H,18,19,20). The predicted molar refractivity (Wildman–Crippen MR) is 316 cm³/mol. The van der Waals surface area contributed by atoms with Crippen LogP contribution in [0.25, 0.3) is 61.3 Å². The van der Waals surface area contributed by atoms with Crippen LogP contribution < -0.4 is 0 Å². The minimum absolute atomic E-state index is 0.134. The molecule has 0 aliphatic carbocycles. The molecule has 0 spiro atoms. The molecule has 5 N–H and O–H groups in total. The molecule has 6 aromatic carbocycles. The number of carboxylic acid groups (broad SMARTS) is 2. The Morgan fingerprint density at radius 3 is 1.31 bits per heavy atom. The molecule has 0 atom stereocenters. The highest BCUT2D eigenvalue weighted by atomic mass is 33.1. The molecule has 30 heteroatoms. The van der Waals surface area contributed by atoms with E-state index in [9.17, 15) is 18.0 Å². The van der Waals surface area contributed by atoms with Gasteiger partial charge in [-0.25, -0.2) is 49.3 Å². The third kappa shape index (κ3) is 14.1. The Morgan fingerprint density at radius 2 is 0.805 bits per heavy atom. The Hall–Kier alpha value is -4.55. The molecule has 0 bridgehead atoms. The van der Waals surface area contributed by atoms with Crippen LogP contribution in [0.2, 0.25) is 0 Å². The van der Waals surface area contributed by atoms with Gasteiger partial charge in [0.2, 0.25) is 0 Å². The Morgan fingerprint density at radius 1 is 0.442 bits per heavy atom. The Balaban J connectivity index is 0.000000131. The van der Waals surface area contributed by atoms with Crippen molar-refractivity contribution in [2.24, 2.45) is 0 Å². The van der Waals surface area contributed by atoms with E-state index < -0.39 is 22.1 Å². The Bertz CT molecular complexity index is 4100. The molecule has 0 amide bonds. The first-order chi connectivity index (χ1) is 37.1. The smallest absolute Gasteiger partial charge is 0.335 e. The van der Waals surface area contributed by atoms with E-state index in [-0.39, 0.29) is 29.2 Å². The van der Waals surface area contributed by atoms with Crippen LogP contribution in [0.1, 0.15) is 37.4 Å². The second kappa shape index (κ2) is 24.9. The summed E-state index contributed by atoms with van der Waals surface area (Å²) in [6.45, 7) is 2.33. The van der Waals surface area contributed by atoms with Crippen molar-refractivity contribution in [1.29, 1.82) is 0 Å². The molecule has 392 valence electrons. The van der Waals surface area contributed by atoms with E-state index in [1.165, 1.54) is 116 Å². The molecule has 17 nitrogen and oxygen atoms in total. The first-order valence-electron chi connectivity index (χ1n) is 21.5. The van der Waals surface area contributed by atoms with Crippen LogP contribution in [-0.2, 0) is 33.1 Å². The van der Waals surface area contributed by atoms with E-state index in [1.807, 2.05) is 43.3 Å². The Labute approximate surface area is 482 Å². The van der Waals surface area contributed by atoms with Crippen LogP contribution in [0.15, 0.2) is 140 Å². The summed E-state index contributed by atoms with van der Waals surface area (Å²) in [7, 11) is 4.86. The third-order valence-electron chi connectivity index (χ3n) is 10.3. The maximum absolute atomic E-state index is 11.2. The minimum Gasteiger partial charge on any atom is -0.478 e. The van der Waals surface area contributed by atoms with Crippen LogP contribution >= 0.6 is 133 Å². The lowest BCUT2D eigenvalue weighted by Gasteiger charge is -1.96.